The van der Waals surface area contributed by atoms with Crippen LogP contribution in [0.2, 0.25) is 0 Å². The second kappa shape index (κ2) is 7.58. The van der Waals surface area contributed by atoms with Crippen molar-refractivity contribution in [3.05, 3.63) is 29.8 Å². The van der Waals surface area contributed by atoms with Crippen LogP contribution in [0.4, 0.5) is 0 Å². The first-order valence-electron chi connectivity index (χ1n) is 9.72. The first-order valence-corrected chi connectivity index (χ1v) is 11.2. The van der Waals surface area contributed by atoms with Gasteiger partial charge in [0.1, 0.15) is 0 Å². The van der Waals surface area contributed by atoms with Crippen molar-refractivity contribution < 1.29 is 13.2 Å². The predicted octanol–water partition coefficient (Wildman–Crippen LogP) is 3.07. The van der Waals surface area contributed by atoms with Crippen LogP contribution in [0.25, 0.3) is 0 Å². The summed E-state index contributed by atoms with van der Waals surface area (Å²) in [6.45, 7) is 9.22. The van der Waals surface area contributed by atoms with Gasteiger partial charge in [0.15, 0.2) is 0 Å². The highest BCUT2D eigenvalue weighted by Crippen LogP contribution is 2.38. The lowest BCUT2D eigenvalue weighted by molar-refractivity contribution is -0.0316. The van der Waals surface area contributed by atoms with Crippen molar-refractivity contribution in [2.75, 3.05) is 33.3 Å². The van der Waals surface area contributed by atoms with E-state index >= 15 is 0 Å². The van der Waals surface area contributed by atoms with Gasteiger partial charge in [-0.2, -0.15) is 4.31 Å². The monoisotopic (exact) mass is 380 g/mol. The predicted molar refractivity (Wildman–Crippen MR) is 104 cm³/mol. The van der Waals surface area contributed by atoms with E-state index in [2.05, 4.69) is 32.7 Å². The normalized spacial score (nSPS) is 24.0. The Kier molecular flexibility index (Phi) is 5.78. The molecule has 0 N–H and O–H groups in total. The van der Waals surface area contributed by atoms with Crippen molar-refractivity contribution in [1.29, 1.82) is 0 Å². The molecule has 1 aromatic rings. The molecule has 0 saturated carbocycles. The lowest BCUT2D eigenvalue weighted by Gasteiger charge is -2.38. The number of hydrogen-bond acceptors (Lipinski definition) is 4. The van der Waals surface area contributed by atoms with Gasteiger partial charge in [-0.25, -0.2) is 8.42 Å². The van der Waals surface area contributed by atoms with E-state index < -0.39 is 10.0 Å². The van der Waals surface area contributed by atoms with E-state index in [0.29, 0.717) is 29.9 Å². The maximum Gasteiger partial charge on any atom is 0.243 e. The molecule has 0 bridgehead atoms. The van der Waals surface area contributed by atoms with Crippen LogP contribution >= 0.6 is 0 Å². The molecule has 3 rings (SSSR count). The zero-order valence-corrected chi connectivity index (χ0v) is 17.3. The SMILES string of the molecule is CCN(C)[C@@H]1COC2(CCN(S(=O)(=O)c3ccc(C(C)C)cc3)CC2)C1. The smallest absolute Gasteiger partial charge is 0.243 e. The molecular weight excluding hydrogens is 348 g/mol. The molecule has 1 spiro atoms. The zero-order chi connectivity index (χ0) is 18.9. The number of likely N-dealkylation sites (N-methyl/N-ethyl adjacent to an activating group) is 1. The minimum Gasteiger partial charge on any atom is -0.373 e. The molecule has 0 aliphatic carbocycles. The van der Waals surface area contributed by atoms with Crippen molar-refractivity contribution in [3.8, 4) is 0 Å². The number of nitrogens with zero attached hydrogens (tertiary/aromatic N) is 2. The Morgan fingerprint density at radius 3 is 2.38 bits per heavy atom. The Morgan fingerprint density at radius 1 is 1.23 bits per heavy atom. The van der Waals surface area contributed by atoms with Gasteiger partial charge in [0, 0.05) is 19.1 Å². The molecule has 6 heteroatoms. The second-order valence-corrected chi connectivity index (χ2v) is 9.99. The average Bonchev–Trinajstić information content (AvgIpc) is 3.05. The van der Waals surface area contributed by atoms with Crippen LogP contribution in [0, 0.1) is 0 Å². The molecule has 2 saturated heterocycles. The summed E-state index contributed by atoms with van der Waals surface area (Å²) in [7, 11) is -1.29. The van der Waals surface area contributed by atoms with Crippen molar-refractivity contribution in [2.45, 2.75) is 62.5 Å². The third-order valence-electron chi connectivity index (χ3n) is 6.13. The van der Waals surface area contributed by atoms with Crippen molar-refractivity contribution in [1.82, 2.24) is 9.21 Å². The van der Waals surface area contributed by atoms with E-state index in [1.54, 1.807) is 16.4 Å². The molecule has 5 nitrogen and oxygen atoms in total. The summed E-state index contributed by atoms with van der Waals surface area (Å²) in [6, 6.07) is 7.79. The van der Waals surface area contributed by atoms with Crippen molar-refractivity contribution >= 4 is 10.0 Å². The van der Waals surface area contributed by atoms with E-state index in [0.717, 1.165) is 38.0 Å². The van der Waals surface area contributed by atoms with E-state index in [1.165, 1.54) is 0 Å². The van der Waals surface area contributed by atoms with E-state index in [1.807, 2.05) is 12.1 Å². The van der Waals surface area contributed by atoms with Gasteiger partial charge in [0.05, 0.1) is 17.1 Å². The lowest BCUT2D eigenvalue weighted by atomic mass is 9.88. The Labute approximate surface area is 158 Å². The molecule has 2 aliphatic heterocycles. The summed E-state index contributed by atoms with van der Waals surface area (Å²) >= 11 is 0. The number of piperidine rings is 1. The van der Waals surface area contributed by atoms with Crippen LogP contribution in [0.5, 0.6) is 0 Å². The summed E-state index contributed by atoms with van der Waals surface area (Å²) in [4.78, 5) is 2.72. The van der Waals surface area contributed by atoms with Crippen LogP contribution < -0.4 is 0 Å². The van der Waals surface area contributed by atoms with Crippen molar-refractivity contribution in [2.24, 2.45) is 0 Å². The largest absolute Gasteiger partial charge is 0.373 e. The molecule has 2 aliphatic rings. The van der Waals surface area contributed by atoms with Gasteiger partial charge in [-0.1, -0.05) is 32.9 Å². The van der Waals surface area contributed by atoms with Crippen LogP contribution in [0.1, 0.15) is 51.5 Å². The molecule has 2 fully saturated rings. The number of rotatable bonds is 5. The molecule has 0 unspecified atom stereocenters. The summed E-state index contributed by atoms with van der Waals surface area (Å²) in [5, 5.41) is 0. The number of sulfonamides is 1. The van der Waals surface area contributed by atoms with Crippen LogP contribution in [0.15, 0.2) is 29.2 Å². The maximum absolute atomic E-state index is 13.0. The topological polar surface area (TPSA) is 49.9 Å². The van der Waals surface area contributed by atoms with Crippen LogP contribution in [-0.4, -0.2) is 62.6 Å². The highest BCUT2D eigenvalue weighted by Gasteiger charge is 2.45. The average molecular weight is 381 g/mol. The van der Waals surface area contributed by atoms with Gasteiger partial charge in [-0.05, 0) is 56.5 Å². The molecule has 0 amide bonds. The molecule has 0 aromatic heterocycles. The minimum absolute atomic E-state index is 0.137. The molecule has 1 atom stereocenters. The third-order valence-corrected chi connectivity index (χ3v) is 8.04. The number of ether oxygens (including phenoxy) is 1. The Balaban J connectivity index is 1.66. The molecule has 1 aromatic carbocycles. The Hall–Kier alpha value is -0.950. The first kappa shape index (κ1) is 19.8. The van der Waals surface area contributed by atoms with Gasteiger partial charge < -0.3 is 9.64 Å². The molecule has 26 heavy (non-hydrogen) atoms. The maximum atomic E-state index is 13.0. The van der Waals surface area contributed by atoms with Crippen LogP contribution in [-0.2, 0) is 14.8 Å². The Bertz CT molecular complexity index is 707. The van der Waals surface area contributed by atoms with E-state index in [9.17, 15) is 8.42 Å². The fourth-order valence-corrected chi connectivity index (χ4v) is 5.46. The van der Waals surface area contributed by atoms with Crippen molar-refractivity contribution in [3.63, 3.8) is 0 Å². The fraction of sp³-hybridized carbons (Fsp3) is 0.700. The van der Waals surface area contributed by atoms with Gasteiger partial charge in [0.2, 0.25) is 10.0 Å². The third kappa shape index (κ3) is 3.84. The highest BCUT2D eigenvalue weighted by atomic mass is 32.2. The summed E-state index contributed by atoms with van der Waals surface area (Å²) in [6.07, 6.45) is 2.57. The van der Waals surface area contributed by atoms with Crippen LogP contribution in [0.3, 0.4) is 0 Å². The van der Waals surface area contributed by atoms with Gasteiger partial charge in [-0.3, -0.25) is 0 Å². The highest BCUT2D eigenvalue weighted by molar-refractivity contribution is 7.89. The summed E-state index contributed by atoms with van der Waals surface area (Å²) in [5.74, 6) is 0.398. The molecule has 0 radical (unpaired) electrons. The fourth-order valence-electron chi connectivity index (χ4n) is 4.02. The number of hydrogen-bond donors (Lipinski definition) is 0. The molecular formula is C20H32N2O3S. The quantitative estimate of drug-likeness (QED) is 0.788. The van der Waals surface area contributed by atoms with Gasteiger partial charge in [0.25, 0.3) is 0 Å². The van der Waals surface area contributed by atoms with Gasteiger partial charge in [-0.15, -0.1) is 0 Å². The first-order chi connectivity index (χ1) is 12.3. The standard InChI is InChI=1S/C20H32N2O3S/c1-5-21(4)18-14-20(25-15-18)10-12-22(13-11-20)26(23,24)19-8-6-17(7-9-19)16(2)3/h6-9,16,18H,5,10-15H2,1-4H3/t18-/m0/s1. The Morgan fingerprint density at radius 2 is 1.85 bits per heavy atom. The summed E-state index contributed by atoms with van der Waals surface area (Å²) in [5.41, 5.74) is 1.02. The zero-order valence-electron chi connectivity index (χ0n) is 16.4. The van der Waals surface area contributed by atoms with Gasteiger partial charge >= 0.3 is 0 Å². The minimum atomic E-state index is -3.42. The van der Waals surface area contributed by atoms with E-state index in [-0.39, 0.29) is 5.60 Å². The molecule has 146 valence electrons. The van der Waals surface area contributed by atoms with E-state index in [4.69, 9.17) is 4.74 Å². The molecule has 2 heterocycles. The second-order valence-electron chi connectivity index (χ2n) is 8.05. The lowest BCUT2D eigenvalue weighted by Crippen LogP contribution is -2.46. The number of benzene rings is 1. The summed E-state index contributed by atoms with van der Waals surface area (Å²) < 4.78 is 33.7.